The lowest BCUT2D eigenvalue weighted by molar-refractivity contribution is -0.111. The van der Waals surface area contributed by atoms with E-state index >= 15 is 0 Å². The van der Waals surface area contributed by atoms with Crippen molar-refractivity contribution in [3.63, 3.8) is 0 Å². The molecular weight excluding hydrogens is 358 g/mol. The molecule has 0 unspecified atom stereocenters. The van der Waals surface area contributed by atoms with E-state index in [4.69, 9.17) is 9.47 Å². The largest absolute Gasteiger partial charge is 0.493 e. The summed E-state index contributed by atoms with van der Waals surface area (Å²) in [6.07, 6.45) is 3.21. The van der Waals surface area contributed by atoms with E-state index in [1.807, 2.05) is 49.4 Å². The Morgan fingerprint density at radius 3 is 2.74 bits per heavy atom. The van der Waals surface area contributed by atoms with Crippen molar-refractivity contribution in [3.05, 3.63) is 58.6 Å². The smallest absolute Gasteiger partial charge is 0.248 e. The van der Waals surface area contributed by atoms with Gasteiger partial charge in [-0.15, -0.1) is 0 Å². The number of anilines is 1. The van der Waals surface area contributed by atoms with Crippen molar-refractivity contribution in [2.75, 3.05) is 19.0 Å². The third-order valence-electron chi connectivity index (χ3n) is 3.01. The minimum Gasteiger partial charge on any atom is -0.493 e. The van der Waals surface area contributed by atoms with Gasteiger partial charge in [-0.2, -0.15) is 0 Å². The number of amides is 1. The van der Waals surface area contributed by atoms with Gasteiger partial charge in [-0.25, -0.2) is 0 Å². The number of benzene rings is 2. The maximum Gasteiger partial charge on any atom is 0.248 e. The maximum atomic E-state index is 12.0. The molecule has 2 aromatic carbocycles. The standard InChI is InChI=1S/C18H18BrNO3/c1-3-23-16-9-7-13(11-17(16)22-2)8-10-18(21)20-15-6-4-5-14(19)12-15/h4-12H,3H2,1-2H3,(H,20,21). The van der Waals surface area contributed by atoms with Crippen LogP contribution in [-0.2, 0) is 4.79 Å². The predicted octanol–water partition coefficient (Wildman–Crippen LogP) is 4.51. The summed E-state index contributed by atoms with van der Waals surface area (Å²) in [6.45, 7) is 2.49. The predicted molar refractivity (Wildman–Crippen MR) is 96.0 cm³/mol. The van der Waals surface area contributed by atoms with Crippen LogP contribution in [0.5, 0.6) is 11.5 Å². The van der Waals surface area contributed by atoms with Crippen LogP contribution in [0.4, 0.5) is 5.69 Å². The monoisotopic (exact) mass is 375 g/mol. The van der Waals surface area contributed by atoms with E-state index in [-0.39, 0.29) is 5.91 Å². The molecule has 2 rings (SSSR count). The number of carbonyl (C=O) groups is 1. The summed E-state index contributed by atoms with van der Waals surface area (Å²) in [4.78, 5) is 12.0. The molecule has 0 atom stereocenters. The van der Waals surface area contributed by atoms with Crippen LogP contribution in [0.25, 0.3) is 6.08 Å². The van der Waals surface area contributed by atoms with Gasteiger partial charge in [0, 0.05) is 16.2 Å². The lowest BCUT2D eigenvalue weighted by atomic mass is 10.2. The van der Waals surface area contributed by atoms with Crippen LogP contribution in [0.2, 0.25) is 0 Å². The third kappa shape index (κ3) is 5.14. The molecule has 0 bridgehead atoms. The minimum absolute atomic E-state index is 0.198. The van der Waals surface area contributed by atoms with Gasteiger partial charge in [0.15, 0.2) is 11.5 Å². The Balaban J connectivity index is 2.05. The van der Waals surface area contributed by atoms with E-state index in [0.717, 1.165) is 15.7 Å². The Bertz CT molecular complexity index is 713. The lowest BCUT2D eigenvalue weighted by Crippen LogP contribution is -2.07. The van der Waals surface area contributed by atoms with Crippen molar-refractivity contribution in [2.45, 2.75) is 6.92 Å². The second kappa shape index (κ2) is 8.39. The van der Waals surface area contributed by atoms with Crippen LogP contribution in [-0.4, -0.2) is 19.6 Å². The van der Waals surface area contributed by atoms with Crippen LogP contribution in [0.1, 0.15) is 12.5 Å². The molecule has 2 aromatic rings. The molecule has 1 amide bonds. The highest BCUT2D eigenvalue weighted by atomic mass is 79.9. The molecule has 4 nitrogen and oxygen atoms in total. The fourth-order valence-corrected chi connectivity index (χ4v) is 2.38. The van der Waals surface area contributed by atoms with Gasteiger partial charge in [-0.3, -0.25) is 4.79 Å². The van der Waals surface area contributed by atoms with Gasteiger partial charge in [-0.05, 0) is 48.9 Å². The molecule has 23 heavy (non-hydrogen) atoms. The Morgan fingerprint density at radius 2 is 2.04 bits per heavy atom. The van der Waals surface area contributed by atoms with E-state index in [9.17, 15) is 4.79 Å². The zero-order valence-electron chi connectivity index (χ0n) is 13.0. The summed E-state index contributed by atoms with van der Waals surface area (Å²) in [6, 6.07) is 13.0. The second-order valence-electron chi connectivity index (χ2n) is 4.68. The fraction of sp³-hybridized carbons (Fsp3) is 0.167. The summed E-state index contributed by atoms with van der Waals surface area (Å²) in [5, 5.41) is 2.80. The molecule has 5 heteroatoms. The zero-order valence-corrected chi connectivity index (χ0v) is 14.6. The lowest BCUT2D eigenvalue weighted by Gasteiger charge is -2.09. The first-order valence-corrected chi connectivity index (χ1v) is 7.97. The number of rotatable bonds is 6. The molecule has 0 aliphatic heterocycles. The molecular formula is C18H18BrNO3. The molecule has 0 radical (unpaired) electrons. The number of carbonyl (C=O) groups excluding carboxylic acids is 1. The van der Waals surface area contributed by atoms with Crippen molar-refractivity contribution in [2.24, 2.45) is 0 Å². The summed E-state index contributed by atoms with van der Waals surface area (Å²) in [7, 11) is 1.59. The van der Waals surface area contributed by atoms with E-state index in [0.29, 0.717) is 18.1 Å². The van der Waals surface area contributed by atoms with E-state index in [1.165, 1.54) is 6.08 Å². The molecule has 0 aromatic heterocycles. The highest BCUT2D eigenvalue weighted by molar-refractivity contribution is 9.10. The fourth-order valence-electron chi connectivity index (χ4n) is 1.98. The average molecular weight is 376 g/mol. The van der Waals surface area contributed by atoms with Crippen LogP contribution < -0.4 is 14.8 Å². The summed E-state index contributed by atoms with van der Waals surface area (Å²) in [5.41, 5.74) is 1.59. The Hall–Kier alpha value is -2.27. The Kier molecular flexibility index (Phi) is 6.23. The van der Waals surface area contributed by atoms with Crippen molar-refractivity contribution in [1.29, 1.82) is 0 Å². The first kappa shape index (κ1) is 17.1. The summed E-state index contributed by atoms with van der Waals surface area (Å²) >= 11 is 3.37. The van der Waals surface area contributed by atoms with Gasteiger partial charge < -0.3 is 14.8 Å². The summed E-state index contributed by atoms with van der Waals surface area (Å²) < 4.78 is 11.7. The van der Waals surface area contributed by atoms with Crippen molar-refractivity contribution in [1.82, 2.24) is 0 Å². The Morgan fingerprint density at radius 1 is 1.22 bits per heavy atom. The van der Waals surface area contributed by atoms with Crippen molar-refractivity contribution in [3.8, 4) is 11.5 Å². The molecule has 120 valence electrons. The number of hydrogen-bond acceptors (Lipinski definition) is 3. The summed E-state index contributed by atoms with van der Waals surface area (Å²) in [5.74, 6) is 1.13. The highest BCUT2D eigenvalue weighted by Gasteiger charge is 2.04. The number of halogens is 1. The average Bonchev–Trinajstić information content (AvgIpc) is 2.54. The van der Waals surface area contributed by atoms with Crippen LogP contribution >= 0.6 is 15.9 Å². The van der Waals surface area contributed by atoms with Gasteiger partial charge in [0.2, 0.25) is 5.91 Å². The van der Waals surface area contributed by atoms with Crippen molar-refractivity contribution >= 4 is 33.6 Å². The topological polar surface area (TPSA) is 47.6 Å². The molecule has 0 aliphatic carbocycles. The first-order valence-electron chi connectivity index (χ1n) is 7.18. The normalized spacial score (nSPS) is 10.6. The van der Waals surface area contributed by atoms with E-state index in [1.54, 1.807) is 13.2 Å². The SMILES string of the molecule is CCOc1ccc(C=CC(=O)Nc2cccc(Br)c2)cc1OC. The van der Waals surface area contributed by atoms with Gasteiger partial charge in [0.25, 0.3) is 0 Å². The third-order valence-corrected chi connectivity index (χ3v) is 3.50. The molecule has 0 spiro atoms. The number of hydrogen-bond donors (Lipinski definition) is 1. The van der Waals surface area contributed by atoms with Gasteiger partial charge >= 0.3 is 0 Å². The van der Waals surface area contributed by atoms with Crippen LogP contribution in [0.15, 0.2) is 53.0 Å². The van der Waals surface area contributed by atoms with Crippen LogP contribution in [0.3, 0.4) is 0 Å². The first-order chi connectivity index (χ1) is 11.1. The quantitative estimate of drug-likeness (QED) is 0.755. The number of nitrogens with one attached hydrogen (secondary N) is 1. The zero-order chi connectivity index (χ0) is 16.7. The highest BCUT2D eigenvalue weighted by Crippen LogP contribution is 2.28. The van der Waals surface area contributed by atoms with E-state index in [2.05, 4.69) is 21.2 Å². The number of methoxy groups -OCH3 is 1. The molecule has 0 saturated carbocycles. The molecule has 0 heterocycles. The van der Waals surface area contributed by atoms with Crippen LogP contribution in [0, 0.1) is 0 Å². The molecule has 0 saturated heterocycles. The second-order valence-corrected chi connectivity index (χ2v) is 5.59. The number of ether oxygens (including phenoxy) is 2. The Labute approximate surface area is 144 Å². The molecule has 1 N–H and O–H groups in total. The minimum atomic E-state index is -0.198. The molecule has 0 aliphatic rings. The van der Waals surface area contributed by atoms with E-state index < -0.39 is 0 Å². The maximum absolute atomic E-state index is 12.0. The van der Waals surface area contributed by atoms with Crippen molar-refractivity contribution < 1.29 is 14.3 Å². The molecule has 0 fully saturated rings. The van der Waals surface area contributed by atoms with Gasteiger partial charge in [0.05, 0.1) is 13.7 Å². The van der Waals surface area contributed by atoms with Gasteiger partial charge in [0.1, 0.15) is 0 Å². The van der Waals surface area contributed by atoms with Gasteiger partial charge in [-0.1, -0.05) is 28.1 Å².